The molecule has 2 aromatic rings. The monoisotopic (exact) mass is 344 g/mol. The fourth-order valence-electron chi connectivity index (χ4n) is 1.59. The molecule has 0 unspecified atom stereocenters. The van der Waals surface area contributed by atoms with Crippen molar-refractivity contribution in [2.45, 2.75) is 0 Å². The van der Waals surface area contributed by atoms with Gasteiger partial charge in [0.05, 0.1) is 11.4 Å². The van der Waals surface area contributed by atoms with Gasteiger partial charge in [-0.1, -0.05) is 34.8 Å². The van der Waals surface area contributed by atoms with Gasteiger partial charge < -0.3 is 15.8 Å². The minimum Gasteiger partial charge on any atom is -0.484 e. The van der Waals surface area contributed by atoms with Gasteiger partial charge in [-0.3, -0.25) is 4.79 Å². The highest BCUT2D eigenvalue weighted by Crippen LogP contribution is 2.25. The molecule has 0 spiro atoms. The third-order valence-electron chi connectivity index (χ3n) is 2.49. The van der Waals surface area contributed by atoms with E-state index in [1.165, 1.54) is 0 Å². The number of ether oxygens (including phenoxy) is 1. The van der Waals surface area contributed by atoms with Crippen LogP contribution in [0.5, 0.6) is 5.75 Å². The molecule has 0 fully saturated rings. The maximum atomic E-state index is 11.8. The lowest BCUT2D eigenvalue weighted by molar-refractivity contribution is -0.118. The highest BCUT2D eigenvalue weighted by molar-refractivity contribution is 6.34. The summed E-state index contributed by atoms with van der Waals surface area (Å²) in [6.45, 7) is -0.196. The Balaban J connectivity index is 1.95. The van der Waals surface area contributed by atoms with E-state index in [1.807, 2.05) is 0 Å². The average Bonchev–Trinajstić information content (AvgIpc) is 2.39. The summed E-state index contributed by atoms with van der Waals surface area (Å²) in [5.41, 5.74) is 6.59. The van der Waals surface area contributed by atoms with Crippen LogP contribution in [0, 0.1) is 0 Å². The molecule has 4 nitrogen and oxygen atoms in total. The Morgan fingerprint density at radius 3 is 2.33 bits per heavy atom. The van der Waals surface area contributed by atoms with Crippen LogP contribution in [0.15, 0.2) is 36.4 Å². The summed E-state index contributed by atoms with van der Waals surface area (Å²) in [5, 5.41) is 3.98. The molecule has 2 rings (SSSR count). The van der Waals surface area contributed by atoms with E-state index in [9.17, 15) is 4.79 Å². The standard InChI is InChI=1S/C14H11Cl3N2O2/c15-8-1-2-13(12(18)6-8)19-14(20)7-21-11-4-9(16)3-10(17)5-11/h1-6H,7,18H2,(H,19,20). The van der Waals surface area contributed by atoms with Crippen LogP contribution in [0.4, 0.5) is 11.4 Å². The quantitative estimate of drug-likeness (QED) is 0.814. The van der Waals surface area contributed by atoms with Gasteiger partial charge in [0, 0.05) is 15.1 Å². The van der Waals surface area contributed by atoms with Gasteiger partial charge in [0.2, 0.25) is 0 Å². The maximum absolute atomic E-state index is 11.8. The van der Waals surface area contributed by atoms with Gasteiger partial charge >= 0.3 is 0 Å². The Bertz CT molecular complexity index is 657. The molecular weight excluding hydrogens is 335 g/mol. The van der Waals surface area contributed by atoms with Crippen molar-refractivity contribution >= 4 is 52.1 Å². The molecule has 1 amide bonds. The number of amides is 1. The average molecular weight is 346 g/mol. The van der Waals surface area contributed by atoms with Crippen molar-refractivity contribution in [2.75, 3.05) is 17.7 Å². The van der Waals surface area contributed by atoms with Crippen LogP contribution < -0.4 is 15.8 Å². The first-order valence-corrected chi connectivity index (χ1v) is 7.01. The summed E-state index contributed by atoms with van der Waals surface area (Å²) in [6, 6.07) is 9.50. The predicted octanol–water partition coefficient (Wildman–Crippen LogP) is 4.25. The molecule has 0 aromatic heterocycles. The van der Waals surface area contributed by atoms with Gasteiger partial charge in [-0.25, -0.2) is 0 Å². The number of nitrogens with one attached hydrogen (secondary N) is 1. The molecular formula is C14H11Cl3N2O2. The first-order chi connectivity index (χ1) is 9.94. The van der Waals surface area contributed by atoms with Crippen molar-refractivity contribution < 1.29 is 9.53 Å². The van der Waals surface area contributed by atoms with E-state index in [2.05, 4.69) is 5.32 Å². The van der Waals surface area contributed by atoms with E-state index >= 15 is 0 Å². The summed E-state index contributed by atoms with van der Waals surface area (Å²) in [4.78, 5) is 11.8. The molecule has 0 heterocycles. The number of carbonyl (C=O) groups excluding carboxylic acids is 1. The molecule has 0 aliphatic carbocycles. The third-order valence-corrected chi connectivity index (χ3v) is 3.17. The largest absolute Gasteiger partial charge is 0.484 e. The number of nitrogen functional groups attached to an aromatic ring is 1. The molecule has 21 heavy (non-hydrogen) atoms. The van der Waals surface area contributed by atoms with E-state index in [1.54, 1.807) is 36.4 Å². The number of carbonyl (C=O) groups is 1. The summed E-state index contributed by atoms with van der Waals surface area (Å²) in [6.07, 6.45) is 0. The van der Waals surface area contributed by atoms with Gasteiger partial charge in [-0.2, -0.15) is 0 Å². The number of benzene rings is 2. The van der Waals surface area contributed by atoms with Crippen molar-refractivity contribution in [1.82, 2.24) is 0 Å². The van der Waals surface area contributed by atoms with Crippen molar-refractivity contribution in [3.05, 3.63) is 51.5 Å². The predicted molar refractivity (Wildman–Crippen MR) is 86.5 cm³/mol. The maximum Gasteiger partial charge on any atom is 0.262 e. The summed E-state index contributed by atoms with van der Waals surface area (Å²) in [7, 11) is 0. The first kappa shape index (κ1) is 15.8. The van der Waals surface area contributed by atoms with Crippen molar-refractivity contribution in [1.29, 1.82) is 0 Å². The van der Waals surface area contributed by atoms with Gasteiger partial charge in [0.25, 0.3) is 5.91 Å². The lowest BCUT2D eigenvalue weighted by atomic mass is 10.2. The third kappa shape index (κ3) is 4.70. The lowest BCUT2D eigenvalue weighted by Crippen LogP contribution is -2.20. The number of hydrogen-bond acceptors (Lipinski definition) is 3. The number of halogens is 3. The smallest absolute Gasteiger partial charge is 0.262 e. The number of rotatable bonds is 4. The Morgan fingerprint density at radius 1 is 1.05 bits per heavy atom. The number of nitrogens with two attached hydrogens (primary N) is 1. The zero-order valence-corrected chi connectivity index (χ0v) is 13.0. The van der Waals surface area contributed by atoms with E-state index in [0.29, 0.717) is 32.2 Å². The van der Waals surface area contributed by atoms with Crippen LogP contribution in [0.1, 0.15) is 0 Å². The fraction of sp³-hybridized carbons (Fsp3) is 0.0714. The molecule has 3 N–H and O–H groups in total. The van der Waals surface area contributed by atoms with Gasteiger partial charge in [0.1, 0.15) is 5.75 Å². The molecule has 0 aliphatic rings. The molecule has 0 saturated carbocycles. The van der Waals surface area contributed by atoms with Crippen LogP contribution in [-0.4, -0.2) is 12.5 Å². The van der Waals surface area contributed by atoms with E-state index < -0.39 is 0 Å². The Morgan fingerprint density at radius 2 is 1.71 bits per heavy atom. The Hall–Kier alpha value is -1.62. The molecule has 2 aromatic carbocycles. The second kappa shape index (κ2) is 6.89. The fourth-order valence-corrected chi connectivity index (χ4v) is 2.28. The normalized spacial score (nSPS) is 10.2. The van der Waals surface area contributed by atoms with Crippen molar-refractivity contribution in [3.63, 3.8) is 0 Å². The van der Waals surface area contributed by atoms with Gasteiger partial charge in [-0.15, -0.1) is 0 Å². The van der Waals surface area contributed by atoms with E-state index in [4.69, 9.17) is 45.3 Å². The van der Waals surface area contributed by atoms with Crippen LogP contribution in [0.25, 0.3) is 0 Å². The van der Waals surface area contributed by atoms with Crippen molar-refractivity contribution in [3.8, 4) is 5.75 Å². The summed E-state index contributed by atoms with van der Waals surface area (Å²) in [5.74, 6) is 0.0480. The molecule has 7 heteroatoms. The van der Waals surface area contributed by atoms with Gasteiger partial charge in [-0.05, 0) is 36.4 Å². The van der Waals surface area contributed by atoms with E-state index in [0.717, 1.165) is 0 Å². The first-order valence-electron chi connectivity index (χ1n) is 5.88. The van der Waals surface area contributed by atoms with E-state index in [-0.39, 0.29) is 12.5 Å². The van der Waals surface area contributed by atoms with Gasteiger partial charge in [0.15, 0.2) is 6.61 Å². The second-order valence-corrected chi connectivity index (χ2v) is 5.48. The molecule has 0 radical (unpaired) electrons. The topological polar surface area (TPSA) is 64.3 Å². The molecule has 0 aliphatic heterocycles. The SMILES string of the molecule is Nc1cc(Cl)ccc1NC(=O)COc1cc(Cl)cc(Cl)c1. The highest BCUT2D eigenvalue weighted by atomic mass is 35.5. The van der Waals surface area contributed by atoms with Crippen LogP contribution in [0.2, 0.25) is 15.1 Å². The summed E-state index contributed by atoms with van der Waals surface area (Å²) >= 11 is 17.5. The minimum absolute atomic E-state index is 0.196. The highest BCUT2D eigenvalue weighted by Gasteiger charge is 2.07. The summed E-state index contributed by atoms with van der Waals surface area (Å²) < 4.78 is 5.32. The molecule has 0 saturated heterocycles. The Kier molecular flexibility index (Phi) is 5.17. The molecule has 110 valence electrons. The zero-order chi connectivity index (χ0) is 15.4. The second-order valence-electron chi connectivity index (χ2n) is 4.17. The molecule has 0 atom stereocenters. The number of anilines is 2. The lowest BCUT2D eigenvalue weighted by Gasteiger charge is -2.10. The van der Waals surface area contributed by atoms with Crippen LogP contribution >= 0.6 is 34.8 Å². The number of hydrogen-bond donors (Lipinski definition) is 2. The van der Waals surface area contributed by atoms with Crippen LogP contribution in [-0.2, 0) is 4.79 Å². The zero-order valence-electron chi connectivity index (χ0n) is 10.7. The van der Waals surface area contributed by atoms with Crippen molar-refractivity contribution in [2.24, 2.45) is 0 Å². The Labute approximate surface area is 136 Å². The molecule has 0 bridgehead atoms. The minimum atomic E-state index is -0.361. The van der Waals surface area contributed by atoms with Crippen LogP contribution in [0.3, 0.4) is 0 Å².